The van der Waals surface area contributed by atoms with E-state index in [2.05, 4.69) is 15.5 Å². The third kappa shape index (κ3) is 3.24. The van der Waals surface area contributed by atoms with E-state index in [-0.39, 0.29) is 29.1 Å². The second-order valence-electron chi connectivity index (χ2n) is 5.66. The zero-order chi connectivity index (χ0) is 17.1. The van der Waals surface area contributed by atoms with Gasteiger partial charge >= 0.3 is 0 Å². The minimum atomic E-state index is -0.355. The van der Waals surface area contributed by atoms with Gasteiger partial charge in [0.1, 0.15) is 0 Å². The number of aromatic nitrogens is 3. The van der Waals surface area contributed by atoms with Crippen LogP contribution in [0, 0.1) is 0 Å². The van der Waals surface area contributed by atoms with Crippen molar-refractivity contribution in [2.45, 2.75) is 18.9 Å². The van der Waals surface area contributed by atoms with Crippen LogP contribution < -0.4 is 20.5 Å². The molecule has 0 aromatic carbocycles. The fourth-order valence-electron chi connectivity index (χ4n) is 2.71. The van der Waals surface area contributed by atoms with Gasteiger partial charge in [-0.2, -0.15) is 0 Å². The molecule has 0 aliphatic carbocycles. The first-order chi connectivity index (χ1) is 11.6. The number of methoxy groups -OCH3 is 1. The molecule has 0 spiro atoms. The van der Waals surface area contributed by atoms with Crippen LogP contribution in [0.2, 0.25) is 0 Å². The number of nitrogens with zero attached hydrogens (tertiary/aromatic N) is 4. The van der Waals surface area contributed by atoms with Gasteiger partial charge in [0.05, 0.1) is 13.2 Å². The van der Waals surface area contributed by atoms with Crippen LogP contribution in [0.5, 0.6) is 5.88 Å². The predicted molar refractivity (Wildman–Crippen MR) is 85.2 cm³/mol. The fraction of sp³-hybridized carbons (Fsp3) is 0.467. The highest BCUT2D eigenvalue weighted by Crippen LogP contribution is 2.16. The summed E-state index contributed by atoms with van der Waals surface area (Å²) in [4.78, 5) is 30.5. The summed E-state index contributed by atoms with van der Waals surface area (Å²) in [7, 11) is 3.14. The van der Waals surface area contributed by atoms with E-state index in [1.54, 1.807) is 19.4 Å². The molecule has 1 atom stereocenters. The smallest absolute Gasteiger partial charge is 0.293 e. The number of piperidine rings is 1. The number of ether oxygens (including phenoxy) is 1. The molecule has 3 heterocycles. The first-order valence-corrected chi connectivity index (χ1v) is 7.66. The molecule has 3 rings (SSSR count). The van der Waals surface area contributed by atoms with Crippen molar-refractivity contribution in [2.24, 2.45) is 7.05 Å². The average Bonchev–Trinajstić information content (AvgIpc) is 3.07. The largest absolute Gasteiger partial charge is 0.479 e. The lowest BCUT2D eigenvalue weighted by Gasteiger charge is -2.33. The zero-order valence-corrected chi connectivity index (χ0v) is 13.6. The van der Waals surface area contributed by atoms with Crippen LogP contribution >= 0.6 is 0 Å². The predicted octanol–water partition coefficient (Wildman–Crippen LogP) is 0.176. The van der Waals surface area contributed by atoms with E-state index in [9.17, 15) is 9.59 Å². The number of aryl methyl sites for hydroxylation is 1. The number of nitrogens with one attached hydrogen (secondary N) is 1. The highest BCUT2D eigenvalue weighted by molar-refractivity contribution is 5.91. The molecule has 128 valence electrons. The maximum atomic E-state index is 12.2. The summed E-state index contributed by atoms with van der Waals surface area (Å²) in [5, 5.41) is 6.51. The van der Waals surface area contributed by atoms with Crippen molar-refractivity contribution in [2.75, 3.05) is 25.1 Å². The van der Waals surface area contributed by atoms with Gasteiger partial charge < -0.3 is 24.0 Å². The first-order valence-electron chi connectivity index (χ1n) is 7.66. The van der Waals surface area contributed by atoms with Crippen LogP contribution in [-0.2, 0) is 7.05 Å². The van der Waals surface area contributed by atoms with Crippen molar-refractivity contribution in [1.82, 2.24) is 20.0 Å². The van der Waals surface area contributed by atoms with Gasteiger partial charge in [-0.15, -0.1) is 0 Å². The molecule has 0 unspecified atom stereocenters. The lowest BCUT2D eigenvalue weighted by Crippen LogP contribution is -2.49. The SMILES string of the molecule is COc1cc(C(=O)N[C@@H]2CCCN(c3nccn(C)c3=O)C2)on1. The Morgan fingerprint density at radius 1 is 1.50 bits per heavy atom. The molecule has 9 heteroatoms. The highest BCUT2D eigenvalue weighted by atomic mass is 16.5. The van der Waals surface area contributed by atoms with Gasteiger partial charge in [0.25, 0.3) is 17.3 Å². The Hall–Kier alpha value is -2.84. The van der Waals surface area contributed by atoms with Crippen LogP contribution in [-0.4, -0.2) is 46.9 Å². The Bertz CT molecular complexity index is 784. The molecule has 0 bridgehead atoms. The van der Waals surface area contributed by atoms with Crippen molar-refractivity contribution < 1.29 is 14.1 Å². The minimum absolute atomic E-state index is 0.0951. The van der Waals surface area contributed by atoms with Gasteiger partial charge in [0.15, 0.2) is 5.82 Å². The molecule has 1 fully saturated rings. The molecule has 1 aliphatic rings. The molecule has 0 radical (unpaired) electrons. The van der Waals surface area contributed by atoms with Crippen molar-refractivity contribution in [3.63, 3.8) is 0 Å². The quantitative estimate of drug-likeness (QED) is 0.851. The molecule has 1 N–H and O–H groups in total. The van der Waals surface area contributed by atoms with Gasteiger partial charge in [-0.3, -0.25) is 9.59 Å². The summed E-state index contributed by atoms with van der Waals surface area (Å²) in [5.41, 5.74) is -0.149. The molecule has 1 aliphatic heterocycles. The topological polar surface area (TPSA) is 102 Å². The second kappa shape index (κ2) is 6.73. The Kier molecular flexibility index (Phi) is 4.50. The fourth-order valence-corrected chi connectivity index (χ4v) is 2.71. The Labute approximate surface area is 138 Å². The average molecular weight is 333 g/mol. The van der Waals surface area contributed by atoms with E-state index < -0.39 is 0 Å². The Morgan fingerprint density at radius 2 is 2.33 bits per heavy atom. The highest BCUT2D eigenvalue weighted by Gasteiger charge is 2.25. The van der Waals surface area contributed by atoms with E-state index in [0.717, 1.165) is 19.4 Å². The number of hydrogen-bond donors (Lipinski definition) is 1. The summed E-state index contributed by atoms with van der Waals surface area (Å²) in [6.07, 6.45) is 4.89. The van der Waals surface area contributed by atoms with Crippen LogP contribution in [0.3, 0.4) is 0 Å². The zero-order valence-electron chi connectivity index (χ0n) is 13.6. The Balaban J connectivity index is 1.68. The van der Waals surface area contributed by atoms with Gasteiger partial charge in [-0.25, -0.2) is 4.98 Å². The molecule has 1 saturated heterocycles. The van der Waals surface area contributed by atoms with Crippen LogP contribution in [0.4, 0.5) is 5.82 Å². The molecule has 0 saturated carbocycles. The molecular formula is C15H19N5O4. The Morgan fingerprint density at radius 3 is 3.08 bits per heavy atom. The van der Waals surface area contributed by atoms with E-state index in [1.807, 2.05) is 4.90 Å². The molecule has 2 aromatic heterocycles. The number of hydrogen-bond acceptors (Lipinski definition) is 7. The molecule has 24 heavy (non-hydrogen) atoms. The molecule has 1 amide bonds. The first kappa shape index (κ1) is 16.0. The van der Waals surface area contributed by atoms with Crippen molar-refractivity contribution in [1.29, 1.82) is 0 Å². The number of carbonyl (C=O) groups excluding carboxylic acids is 1. The summed E-state index contributed by atoms with van der Waals surface area (Å²) >= 11 is 0. The summed E-state index contributed by atoms with van der Waals surface area (Å²) in [6.45, 7) is 1.25. The van der Waals surface area contributed by atoms with Gasteiger partial charge in [-0.05, 0) is 18.0 Å². The third-order valence-electron chi connectivity index (χ3n) is 3.98. The minimum Gasteiger partial charge on any atom is -0.479 e. The summed E-state index contributed by atoms with van der Waals surface area (Å²) < 4.78 is 11.3. The normalized spacial score (nSPS) is 17.6. The van der Waals surface area contributed by atoms with Crippen molar-refractivity contribution in [3.05, 3.63) is 34.6 Å². The van der Waals surface area contributed by atoms with E-state index in [1.165, 1.54) is 17.7 Å². The number of carbonyl (C=O) groups is 1. The van der Waals surface area contributed by atoms with Gasteiger partial charge in [0.2, 0.25) is 5.76 Å². The molecule has 9 nitrogen and oxygen atoms in total. The monoisotopic (exact) mass is 333 g/mol. The lowest BCUT2D eigenvalue weighted by atomic mass is 10.1. The third-order valence-corrected chi connectivity index (χ3v) is 3.98. The van der Waals surface area contributed by atoms with Crippen LogP contribution in [0.15, 0.2) is 27.8 Å². The standard InChI is InChI=1S/C15H19N5O4/c1-19-7-5-16-13(15(19)22)20-6-3-4-10(9-20)17-14(21)11-8-12(23-2)18-24-11/h5,7-8,10H,3-4,6,9H2,1-2H3,(H,17,21)/t10-/m1/s1. The maximum Gasteiger partial charge on any atom is 0.293 e. The van der Waals surface area contributed by atoms with E-state index in [0.29, 0.717) is 12.4 Å². The van der Waals surface area contributed by atoms with E-state index >= 15 is 0 Å². The molecular weight excluding hydrogens is 314 g/mol. The second-order valence-corrected chi connectivity index (χ2v) is 5.66. The lowest BCUT2D eigenvalue weighted by molar-refractivity contribution is 0.0895. The number of anilines is 1. The van der Waals surface area contributed by atoms with Crippen molar-refractivity contribution >= 4 is 11.7 Å². The summed E-state index contributed by atoms with van der Waals surface area (Å²) in [5.74, 6) is 0.395. The number of rotatable bonds is 4. The van der Waals surface area contributed by atoms with E-state index in [4.69, 9.17) is 9.26 Å². The van der Waals surface area contributed by atoms with Crippen LogP contribution in [0.25, 0.3) is 0 Å². The van der Waals surface area contributed by atoms with Gasteiger partial charge in [0, 0.05) is 38.6 Å². The number of amides is 1. The van der Waals surface area contributed by atoms with Gasteiger partial charge in [-0.1, -0.05) is 0 Å². The van der Waals surface area contributed by atoms with Crippen molar-refractivity contribution in [3.8, 4) is 5.88 Å². The van der Waals surface area contributed by atoms with Crippen LogP contribution in [0.1, 0.15) is 23.4 Å². The summed E-state index contributed by atoms with van der Waals surface area (Å²) in [6, 6.07) is 1.33. The maximum absolute atomic E-state index is 12.2. The molecule has 2 aromatic rings.